The highest BCUT2D eigenvalue weighted by molar-refractivity contribution is 6.30. The van der Waals surface area contributed by atoms with Crippen LogP contribution in [0.5, 0.6) is 0 Å². The largest absolute Gasteiger partial charge is 0.455 e. The number of hydrogen-bond acceptors (Lipinski definition) is 4. The molecule has 24 heavy (non-hydrogen) atoms. The van der Waals surface area contributed by atoms with Gasteiger partial charge in [-0.15, -0.1) is 0 Å². The number of hydrogen-bond donors (Lipinski definition) is 1. The fraction of sp³-hybridized carbons (Fsp3) is 0.353. The van der Waals surface area contributed by atoms with Crippen LogP contribution in [0.2, 0.25) is 5.02 Å². The van der Waals surface area contributed by atoms with Gasteiger partial charge in [0.2, 0.25) is 0 Å². The van der Waals surface area contributed by atoms with Gasteiger partial charge in [-0.2, -0.15) is 5.10 Å². The van der Waals surface area contributed by atoms with E-state index in [0.717, 1.165) is 12.0 Å². The fourth-order valence-corrected chi connectivity index (χ4v) is 2.55. The van der Waals surface area contributed by atoms with Gasteiger partial charge in [0, 0.05) is 23.7 Å². The SMILES string of the molecule is C[C@@H]1C[C@@H]1C(=O)OCC(=O)Nc1cc(-c2ccc(Cl)cc2)nn1C. The van der Waals surface area contributed by atoms with Gasteiger partial charge in [-0.25, -0.2) is 0 Å². The standard InChI is InChI=1S/C17H18ClN3O3/c1-10-7-13(10)17(23)24-9-16(22)19-15-8-14(20-21(15)2)11-3-5-12(18)6-4-11/h3-6,8,10,13H,7,9H2,1-2H3,(H,19,22)/t10-,13+/m1/s1. The van der Waals surface area contributed by atoms with Gasteiger partial charge in [0.15, 0.2) is 6.61 Å². The molecule has 1 heterocycles. The smallest absolute Gasteiger partial charge is 0.309 e. The van der Waals surface area contributed by atoms with Crippen molar-refractivity contribution in [1.82, 2.24) is 9.78 Å². The Labute approximate surface area is 144 Å². The lowest BCUT2D eigenvalue weighted by Gasteiger charge is -2.06. The molecular weight excluding hydrogens is 330 g/mol. The molecule has 1 aromatic heterocycles. The Kier molecular flexibility index (Phi) is 4.57. The lowest BCUT2D eigenvalue weighted by molar-refractivity contribution is -0.148. The van der Waals surface area contributed by atoms with Crippen molar-refractivity contribution < 1.29 is 14.3 Å². The maximum Gasteiger partial charge on any atom is 0.309 e. The van der Waals surface area contributed by atoms with Crippen molar-refractivity contribution in [3.8, 4) is 11.3 Å². The maximum atomic E-state index is 11.9. The maximum absolute atomic E-state index is 11.9. The lowest BCUT2D eigenvalue weighted by atomic mass is 10.1. The van der Waals surface area contributed by atoms with Gasteiger partial charge in [0.05, 0.1) is 11.6 Å². The minimum atomic E-state index is -0.387. The molecule has 3 rings (SSSR count). The van der Waals surface area contributed by atoms with Gasteiger partial charge in [0.25, 0.3) is 5.91 Å². The van der Waals surface area contributed by atoms with Crippen molar-refractivity contribution in [2.45, 2.75) is 13.3 Å². The summed E-state index contributed by atoms with van der Waals surface area (Å²) in [6.45, 7) is 1.70. The molecule has 2 aromatic rings. The zero-order valence-corrected chi connectivity index (χ0v) is 14.2. The van der Waals surface area contributed by atoms with Crippen LogP contribution in [0.15, 0.2) is 30.3 Å². The first-order valence-corrected chi connectivity index (χ1v) is 8.08. The minimum Gasteiger partial charge on any atom is -0.455 e. The summed E-state index contributed by atoms with van der Waals surface area (Å²) in [7, 11) is 1.73. The minimum absolute atomic E-state index is 0.0500. The first-order chi connectivity index (χ1) is 11.4. The molecule has 0 spiro atoms. The molecule has 1 aromatic carbocycles. The van der Waals surface area contributed by atoms with Crippen molar-refractivity contribution in [1.29, 1.82) is 0 Å². The fourth-order valence-electron chi connectivity index (χ4n) is 2.42. The number of carbonyl (C=O) groups excluding carboxylic acids is 2. The zero-order chi connectivity index (χ0) is 17.3. The third-order valence-corrected chi connectivity index (χ3v) is 4.30. The number of nitrogens with zero attached hydrogens (tertiary/aromatic N) is 2. The predicted octanol–water partition coefficient (Wildman–Crippen LogP) is 2.88. The number of carbonyl (C=O) groups is 2. The van der Waals surface area contributed by atoms with E-state index in [2.05, 4.69) is 10.4 Å². The number of nitrogens with one attached hydrogen (secondary N) is 1. The third-order valence-electron chi connectivity index (χ3n) is 4.05. The monoisotopic (exact) mass is 347 g/mol. The van der Waals surface area contributed by atoms with E-state index in [9.17, 15) is 9.59 Å². The Hall–Kier alpha value is -2.34. The number of ether oxygens (including phenoxy) is 1. The number of anilines is 1. The van der Waals surface area contributed by atoms with Crippen LogP contribution in [0.4, 0.5) is 5.82 Å². The number of rotatable bonds is 5. The van der Waals surface area contributed by atoms with Gasteiger partial charge in [-0.1, -0.05) is 30.7 Å². The van der Waals surface area contributed by atoms with Gasteiger partial charge in [-0.3, -0.25) is 14.3 Å². The van der Waals surface area contributed by atoms with Crippen molar-refractivity contribution >= 4 is 29.3 Å². The van der Waals surface area contributed by atoms with Crippen LogP contribution in [0, 0.1) is 11.8 Å². The van der Waals surface area contributed by atoms with Crippen LogP contribution < -0.4 is 5.32 Å². The number of aromatic nitrogens is 2. The molecule has 1 saturated carbocycles. The molecule has 0 unspecified atom stereocenters. The average molecular weight is 348 g/mol. The van der Waals surface area contributed by atoms with Crippen LogP contribution in [-0.4, -0.2) is 28.3 Å². The Morgan fingerprint density at radius 1 is 1.38 bits per heavy atom. The summed E-state index contributed by atoms with van der Waals surface area (Å²) >= 11 is 5.88. The number of esters is 1. The number of amides is 1. The van der Waals surface area contributed by atoms with Gasteiger partial charge < -0.3 is 10.1 Å². The van der Waals surface area contributed by atoms with Crippen LogP contribution in [0.3, 0.4) is 0 Å². The summed E-state index contributed by atoms with van der Waals surface area (Å²) in [6, 6.07) is 9.03. The van der Waals surface area contributed by atoms with E-state index < -0.39 is 0 Å². The van der Waals surface area contributed by atoms with Crippen molar-refractivity contribution in [2.75, 3.05) is 11.9 Å². The van der Waals surface area contributed by atoms with Crippen LogP contribution in [0.1, 0.15) is 13.3 Å². The molecule has 1 fully saturated rings. The molecule has 7 heteroatoms. The van der Waals surface area contributed by atoms with E-state index in [4.69, 9.17) is 16.3 Å². The summed E-state index contributed by atoms with van der Waals surface area (Å²) in [4.78, 5) is 23.6. The van der Waals surface area contributed by atoms with E-state index in [-0.39, 0.29) is 24.4 Å². The van der Waals surface area contributed by atoms with E-state index in [1.807, 2.05) is 19.1 Å². The molecule has 1 N–H and O–H groups in total. The van der Waals surface area contributed by atoms with E-state index in [1.54, 1.807) is 29.9 Å². The molecule has 0 saturated heterocycles. The topological polar surface area (TPSA) is 73.2 Å². The number of halogens is 1. The molecule has 1 amide bonds. The molecule has 2 atom stereocenters. The summed E-state index contributed by atoms with van der Waals surface area (Å²) < 4.78 is 6.58. The second kappa shape index (κ2) is 6.65. The first kappa shape index (κ1) is 16.5. The highest BCUT2D eigenvalue weighted by Gasteiger charge is 2.40. The van der Waals surface area contributed by atoms with E-state index >= 15 is 0 Å². The quantitative estimate of drug-likeness (QED) is 0.844. The zero-order valence-electron chi connectivity index (χ0n) is 13.5. The third kappa shape index (κ3) is 3.76. The second-order valence-electron chi connectivity index (χ2n) is 6.02. The van der Waals surface area contributed by atoms with Crippen LogP contribution >= 0.6 is 11.6 Å². The number of benzene rings is 1. The van der Waals surface area contributed by atoms with E-state index in [1.165, 1.54) is 0 Å². The van der Waals surface area contributed by atoms with Gasteiger partial charge in [-0.05, 0) is 24.5 Å². The molecule has 0 bridgehead atoms. The normalized spacial score (nSPS) is 19.0. The summed E-state index contributed by atoms with van der Waals surface area (Å²) in [5.74, 6) is 0.151. The molecule has 0 aliphatic heterocycles. The Morgan fingerprint density at radius 3 is 2.67 bits per heavy atom. The molecular formula is C17H18ClN3O3. The Morgan fingerprint density at radius 2 is 2.04 bits per heavy atom. The van der Waals surface area contributed by atoms with Crippen LogP contribution in [-0.2, 0) is 21.4 Å². The predicted molar refractivity (Wildman–Crippen MR) is 90.5 cm³/mol. The number of aryl methyl sites for hydroxylation is 1. The van der Waals surface area contributed by atoms with E-state index in [0.29, 0.717) is 22.5 Å². The second-order valence-corrected chi connectivity index (χ2v) is 6.46. The summed E-state index contributed by atoms with van der Waals surface area (Å²) in [6.07, 6.45) is 0.840. The van der Waals surface area contributed by atoms with Crippen molar-refractivity contribution in [3.05, 3.63) is 35.4 Å². The Balaban J connectivity index is 1.59. The summed E-state index contributed by atoms with van der Waals surface area (Å²) in [5, 5.41) is 7.70. The summed E-state index contributed by atoms with van der Waals surface area (Å²) in [5.41, 5.74) is 1.61. The van der Waals surface area contributed by atoms with Crippen molar-refractivity contribution in [2.24, 2.45) is 18.9 Å². The highest BCUT2D eigenvalue weighted by Crippen LogP contribution is 2.38. The molecule has 0 radical (unpaired) electrons. The van der Waals surface area contributed by atoms with Gasteiger partial charge in [0.1, 0.15) is 5.82 Å². The highest BCUT2D eigenvalue weighted by atomic mass is 35.5. The molecule has 1 aliphatic rings. The average Bonchev–Trinajstić information content (AvgIpc) is 3.18. The van der Waals surface area contributed by atoms with Crippen molar-refractivity contribution in [3.63, 3.8) is 0 Å². The molecule has 126 valence electrons. The lowest BCUT2D eigenvalue weighted by Crippen LogP contribution is -2.22. The molecule has 1 aliphatic carbocycles. The van der Waals surface area contributed by atoms with Crippen LogP contribution in [0.25, 0.3) is 11.3 Å². The first-order valence-electron chi connectivity index (χ1n) is 7.70. The van der Waals surface area contributed by atoms with Gasteiger partial charge >= 0.3 is 5.97 Å². The Bertz CT molecular complexity index is 770. The molecule has 6 nitrogen and oxygen atoms in total.